The normalized spacial score (nSPS) is 11.9. The number of anilines is 1. The highest BCUT2D eigenvalue weighted by atomic mass is 35.5. The third-order valence-corrected chi connectivity index (χ3v) is 3.72. The van der Waals surface area contributed by atoms with Crippen LogP contribution in [0.1, 0.15) is 19.4 Å². The molecule has 0 aromatic heterocycles. The first kappa shape index (κ1) is 19.9. The quantitative estimate of drug-likeness (QED) is 0.656. The molecule has 0 fully saturated rings. The lowest BCUT2D eigenvalue weighted by molar-refractivity contribution is -0.142. The Labute approximate surface area is 146 Å². The molecule has 0 aliphatic rings. The van der Waals surface area contributed by atoms with E-state index in [1.165, 1.54) is 18.7 Å². The van der Waals surface area contributed by atoms with Crippen LogP contribution in [0.15, 0.2) is 18.2 Å². The number of hydrogen-bond donors (Lipinski definition) is 3. The van der Waals surface area contributed by atoms with Crippen molar-refractivity contribution >= 4 is 35.1 Å². The maximum absolute atomic E-state index is 12.2. The average molecular weight is 356 g/mol. The van der Waals surface area contributed by atoms with E-state index < -0.39 is 12.0 Å². The molecule has 0 bridgehead atoms. The van der Waals surface area contributed by atoms with Crippen molar-refractivity contribution in [2.75, 3.05) is 25.0 Å². The number of nitrogens with zero attached hydrogens (tertiary/aromatic N) is 1. The fourth-order valence-corrected chi connectivity index (χ4v) is 2.31. The van der Waals surface area contributed by atoms with Gasteiger partial charge in [-0.1, -0.05) is 11.6 Å². The zero-order chi connectivity index (χ0) is 18.3. The number of carboxylic acids is 1. The lowest BCUT2D eigenvalue weighted by Gasteiger charge is -2.25. The molecule has 0 aliphatic heterocycles. The number of aliphatic carboxylic acids is 1. The zero-order valence-corrected chi connectivity index (χ0v) is 14.7. The first-order valence-electron chi connectivity index (χ1n) is 7.48. The summed E-state index contributed by atoms with van der Waals surface area (Å²) in [6.45, 7) is 5.10. The number of amides is 2. The van der Waals surface area contributed by atoms with Crippen LogP contribution in [0.25, 0.3) is 0 Å². The number of rotatable bonds is 8. The maximum Gasteiger partial charge on any atom is 0.320 e. The summed E-state index contributed by atoms with van der Waals surface area (Å²) in [4.78, 5) is 35.8. The number of carboxylic acid groups (broad SMARTS) is 1. The first-order chi connectivity index (χ1) is 11.2. The first-order valence-corrected chi connectivity index (χ1v) is 7.85. The van der Waals surface area contributed by atoms with E-state index in [0.717, 1.165) is 5.56 Å². The smallest absolute Gasteiger partial charge is 0.320 e. The maximum atomic E-state index is 12.2. The van der Waals surface area contributed by atoms with Crippen LogP contribution in [-0.4, -0.2) is 53.5 Å². The molecule has 0 spiro atoms. The lowest BCUT2D eigenvalue weighted by Crippen LogP contribution is -2.46. The van der Waals surface area contributed by atoms with E-state index in [4.69, 9.17) is 16.7 Å². The molecule has 3 N–H and O–H groups in total. The molecule has 1 rings (SSSR count). The molecule has 1 unspecified atom stereocenters. The Morgan fingerprint density at radius 1 is 1.33 bits per heavy atom. The van der Waals surface area contributed by atoms with E-state index in [0.29, 0.717) is 10.7 Å². The molecule has 1 aromatic carbocycles. The Morgan fingerprint density at radius 3 is 2.54 bits per heavy atom. The van der Waals surface area contributed by atoms with E-state index in [9.17, 15) is 14.4 Å². The van der Waals surface area contributed by atoms with Crippen LogP contribution in [-0.2, 0) is 14.4 Å². The Balaban J connectivity index is 2.71. The second kappa shape index (κ2) is 9.24. The minimum absolute atomic E-state index is 0.102. The molecule has 0 saturated heterocycles. The van der Waals surface area contributed by atoms with Crippen molar-refractivity contribution in [3.05, 3.63) is 28.8 Å². The van der Waals surface area contributed by atoms with E-state index in [1.807, 2.05) is 6.92 Å². The van der Waals surface area contributed by atoms with E-state index >= 15 is 0 Å². The molecule has 0 saturated carbocycles. The number of carbonyl (C=O) groups excluding carboxylic acids is 2. The van der Waals surface area contributed by atoms with Crippen molar-refractivity contribution in [3.8, 4) is 0 Å². The molecule has 7 nitrogen and oxygen atoms in total. The minimum Gasteiger partial charge on any atom is -0.480 e. The van der Waals surface area contributed by atoms with Crippen LogP contribution in [0, 0.1) is 6.92 Å². The molecular weight excluding hydrogens is 334 g/mol. The third-order valence-electron chi connectivity index (χ3n) is 3.49. The number of hydrogen-bond acceptors (Lipinski definition) is 4. The molecule has 0 aliphatic carbocycles. The molecule has 0 radical (unpaired) electrons. The van der Waals surface area contributed by atoms with Crippen molar-refractivity contribution in [1.82, 2.24) is 10.2 Å². The largest absolute Gasteiger partial charge is 0.480 e. The summed E-state index contributed by atoms with van der Waals surface area (Å²) in [5.41, 5.74) is 1.43. The summed E-state index contributed by atoms with van der Waals surface area (Å²) in [7, 11) is 0. The highest BCUT2D eigenvalue weighted by molar-refractivity contribution is 6.30. The van der Waals surface area contributed by atoms with Crippen LogP contribution in [0.2, 0.25) is 5.02 Å². The monoisotopic (exact) mass is 355 g/mol. The fourth-order valence-electron chi connectivity index (χ4n) is 2.08. The number of nitrogens with one attached hydrogen (secondary N) is 2. The molecule has 1 atom stereocenters. The van der Waals surface area contributed by atoms with Crippen LogP contribution in [0.4, 0.5) is 5.69 Å². The van der Waals surface area contributed by atoms with E-state index in [2.05, 4.69) is 10.6 Å². The standard InChI is InChI=1S/C16H22ClN3O4/c1-10-8-13(17)4-5-14(10)19-15(22)9-20(11(2)16(23)24)7-6-18-12(3)21/h4-5,8,11H,6-7,9H2,1-3H3,(H,18,21)(H,19,22)(H,23,24). The van der Waals surface area contributed by atoms with Crippen LogP contribution in [0.3, 0.4) is 0 Å². The summed E-state index contributed by atoms with van der Waals surface area (Å²) >= 11 is 5.88. The van der Waals surface area contributed by atoms with Crippen LogP contribution >= 0.6 is 11.6 Å². The SMILES string of the molecule is CC(=O)NCCN(CC(=O)Nc1ccc(Cl)cc1C)C(C)C(=O)O. The van der Waals surface area contributed by atoms with Crippen LogP contribution < -0.4 is 10.6 Å². The number of carbonyl (C=O) groups is 3. The second-order valence-electron chi connectivity index (χ2n) is 5.48. The predicted octanol–water partition coefficient (Wildman–Crippen LogP) is 1.50. The third kappa shape index (κ3) is 6.55. The van der Waals surface area contributed by atoms with Gasteiger partial charge in [-0.05, 0) is 37.6 Å². The summed E-state index contributed by atoms with van der Waals surface area (Å²) in [6.07, 6.45) is 0. The van der Waals surface area contributed by atoms with Gasteiger partial charge in [-0.2, -0.15) is 0 Å². The Bertz CT molecular complexity index is 621. The average Bonchev–Trinajstić information content (AvgIpc) is 2.48. The van der Waals surface area contributed by atoms with Crippen molar-refractivity contribution < 1.29 is 19.5 Å². The molecule has 0 heterocycles. The number of halogens is 1. The second-order valence-corrected chi connectivity index (χ2v) is 5.91. The van der Waals surface area contributed by atoms with Gasteiger partial charge in [0.1, 0.15) is 6.04 Å². The predicted molar refractivity (Wildman–Crippen MR) is 92.2 cm³/mol. The van der Waals surface area contributed by atoms with Crippen LogP contribution in [0.5, 0.6) is 0 Å². The van der Waals surface area contributed by atoms with Crippen molar-refractivity contribution in [1.29, 1.82) is 0 Å². The van der Waals surface area contributed by atoms with Gasteiger partial charge < -0.3 is 15.7 Å². The van der Waals surface area contributed by atoms with Gasteiger partial charge in [0.25, 0.3) is 0 Å². The molecule has 8 heteroatoms. The van der Waals surface area contributed by atoms with E-state index in [1.54, 1.807) is 18.2 Å². The molecule has 24 heavy (non-hydrogen) atoms. The van der Waals surface area contributed by atoms with Gasteiger partial charge in [0, 0.05) is 30.7 Å². The van der Waals surface area contributed by atoms with Crippen molar-refractivity contribution in [3.63, 3.8) is 0 Å². The van der Waals surface area contributed by atoms with Gasteiger partial charge >= 0.3 is 5.97 Å². The van der Waals surface area contributed by atoms with Crippen molar-refractivity contribution in [2.24, 2.45) is 0 Å². The van der Waals surface area contributed by atoms with Gasteiger partial charge in [-0.15, -0.1) is 0 Å². The summed E-state index contributed by atoms with van der Waals surface area (Å²) in [6, 6.07) is 4.23. The summed E-state index contributed by atoms with van der Waals surface area (Å²) in [5.74, 6) is -1.58. The number of benzene rings is 1. The highest BCUT2D eigenvalue weighted by Gasteiger charge is 2.22. The summed E-state index contributed by atoms with van der Waals surface area (Å²) < 4.78 is 0. The van der Waals surface area contributed by atoms with Crippen molar-refractivity contribution in [2.45, 2.75) is 26.8 Å². The van der Waals surface area contributed by atoms with Gasteiger partial charge in [-0.3, -0.25) is 19.3 Å². The molecule has 132 valence electrons. The fraction of sp³-hybridized carbons (Fsp3) is 0.438. The molecule has 2 amide bonds. The van der Waals surface area contributed by atoms with Gasteiger partial charge in [0.05, 0.1) is 6.54 Å². The Morgan fingerprint density at radius 2 is 2.00 bits per heavy atom. The highest BCUT2D eigenvalue weighted by Crippen LogP contribution is 2.19. The number of aryl methyl sites for hydroxylation is 1. The van der Waals surface area contributed by atoms with Gasteiger partial charge in [0.2, 0.25) is 11.8 Å². The topological polar surface area (TPSA) is 98.7 Å². The Kier molecular flexibility index (Phi) is 7.67. The lowest BCUT2D eigenvalue weighted by atomic mass is 10.2. The summed E-state index contributed by atoms with van der Waals surface area (Å²) in [5, 5.41) is 15.1. The molecule has 1 aromatic rings. The Hall–Kier alpha value is -2.12. The zero-order valence-electron chi connectivity index (χ0n) is 13.9. The van der Waals surface area contributed by atoms with Gasteiger partial charge in [-0.25, -0.2) is 0 Å². The minimum atomic E-state index is -1.03. The van der Waals surface area contributed by atoms with E-state index in [-0.39, 0.29) is 31.4 Å². The van der Waals surface area contributed by atoms with Gasteiger partial charge in [0.15, 0.2) is 0 Å². The molecular formula is C16H22ClN3O4.